The van der Waals surface area contributed by atoms with Crippen LogP contribution >= 0.6 is 11.6 Å². The maximum absolute atomic E-state index is 14.0. The first-order chi connectivity index (χ1) is 13.4. The number of nitrogens with zero attached hydrogens (tertiary/aromatic N) is 1. The van der Waals surface area contributed by atoms with Gasteiger partial charge in [0.2, 0.25) is 10.0 Å². The predicted molar refractivity (Wildman–Crippen MR) is 105 cm³/mol. The van der Waals surface area contributed by atoms with Crippen LogP contribution in [-0.2, 0) is 14.8 Å². The van der Waals surface area contributed by atoms with Gasteiger partial charge in [0.05, 0.1) is 16.8 Å². The Morgan fingerprint density at radius 1 is 1.36 bits per heavy atom. The lowest BCUT2D eigenvalue weighted by Gasteiger charge is -2.31. The molecule has 0 unspecified atom stereocenters. The number of hydrogen-bond donors (Lipinski definition) is 1. The molecule has 152 valence electrons. The van der Waals surface area contributed by atoms with Crippen LogP contribution in [-0.4, -0.2) is 44.5 Å². The van der Waals surface area contributed by atoms with Crippen molar-refractivity contribution in [1.29, 1.82) is 0 Å². The van der Waals surface area contributed by atoms with Crippen LogP contribution in [0.5, 0.6) is 5.75 Å². The number of benzene rings is 1. The third-order valence-electron chi connectivity index (χ3n) is 4.50. The van der Waals surface area contributed by atoms with E-state index in [0.717, 1.165) is 6.42 Å². The van der Waals surface area contributed by atoms with E-state index in [9.17, 15) is 12.8 Å². The van der Waals surface area contributed by atoms with Crippen LogP contribution in [0.25, 0.3) is 11.3 Å². The Kier molecular flexibility index (Phi) is 6.87. The number of rotatable bonds is 7. The molecule has 1 saturated heterocycles. The molecule has 1 aromatic carbocycles. The highest BCUT2D eigenvalue weighted by Gasteiger charge is 2.29. The summed E-state index contributed by atoms with van der Waals surface area (Å²) in [7, 11) is -3.32. The van der Waals surface area contributed by atoms with E-state index in [-0.39, 0.29) is 35.2 Å². The van der Waals surface area contributed by atoms with Crippen molar-refractivity contribution in [3.8, 4) is 17.0 Å². The smallest absolute Gasteiger partial charge is 0.211 e. The molecule has 28 heavy (non-hydrogen) atoms. The van der Waals surface area contributed by atoms with Gasteiger partial charge in [0.1, 0.15) is 24.2 Å². The van der Waals surface area contributed by atoms with Crippen molar-refractivity contribution in [2.45, 2.75) is 31.9 Å². The molecule has 1 N–H and O–H groups in total. The van der Waals surface area contributed by atoms with E-state index in [2.05, 4.69) is 9.71 Å². The number of pyridine rings is 1. The molecule has 6 nitrogen and oxygen atoms in total. The van der Waals surface area contributed by atoms with Gasteiger partial charge in [-0.15, -0.1) is 0 Å². The van der Waals surface area contributed by atoms with Crippen molar-refractivity contribution in [3.63, 3.8) is 0 Å². The largest absolute Gasteiger partial charge is 0.491 e. The number of sulfonamides is 1. The lowest BCUT2D eigenvalue weighted by Crippen LogP contribution is -2.49. The van der Waals surface area contributed by atoms with Gasteiger partial charge in [-0.05, 0) is 50.1 Å². The van der Waals surface area contributed by atoms with Crippen molar-refractivity contribution in [3.05, 3.63) is 47.4 Å². The molecule has 9 heteroatoms. The quantitative estimate of drug-likeness (QED) is 0.731. The highest BCUT2D eigenvalue weighted by Crippen LogP contribution is 2.25. The van der Waals surface area contributed by atoms with Crippen LogP contribution in [0.3, 0.4) is 0 Å². The normalized spacial score (nSPS) is 20.1. The Labute approximate surface area is 169 Å². The van der Waals surface area contributed by atoms with E-state index in [4.69, 9.17) is 21.1 Å². The van der Waals surface area contributed by atoms with Gasteiger partial charge in [-0.2, -0.15) is 0 Å². The summed E-state index contributed by atoms with van der Waals surface area (Å²) < 4.78 is 51.8. The van der Waals surface area contributed by atoms with Crippen LogP contribution in [0.2, 0.25) is 5.02 Å². The lowest BCUT2D eigenvalue weighted by molar-refractivity contribution is -0.0279. The van der Waals surface area contributed by atoms with Gasteiger partial charge in [-0.1, -0.05) is 11.6 Å². The van der Waals surface area contributed by atoms with Gasteiger partial charge < -0.3 is 9.47 Å². The minimum Gasteiger partial charge on any atom is -0.491 e. The van der Waals surface area contributed by atoms with Gasteiger partial charge in [0.15, 0.2) is 5.82 Å². The first-order valence-electron chi connectivity index (χ1n) is 9.04. The molecule has 0 bridgehead atoms. The number of ether oxygens (including phenoxy) is 2. The van der Waals surface area contributed by atoms with Gasteiger partial charge in [0, 0.05) is 18.4 Å². The summed E-state index contributed by atoms with van der Waals surface area (Å²) in [5, 5.41) is 0.238. The molecule has 1 fully saturated rings. The SMILES string of the molecule is CCS(=O)(=O)N[C@H]1CCCO[C@@H]1COc1ccc(-c2ncc(Cl)cc2F)cc1. The molecular weight excluding hydrogens is 407 g/mol. The Balaban J connectivity index is 1.63. The van der Waals surface area contributed by atoms with E-state index >= 15 is 0 Å². The lowest BCUT2D eigenvalue weighted by atomic mass is 10.0. The monoisotopic (exact) mass is 428 g/mol. The van der Waals surface area contributed by atoms with E-state index in [1.165, 1.54) is 12.3 Å². The Hall–Kier alpha value is -1.74. The maximum Gasteiger partial charge on any atom is 0.211 e. The summed E-state index contributed by atoms with van der Waals surface area (Å²) in [5.41, 5.74) is 0.810. The van der Waals surface area contributed by atoms with Crippen molar-refractivity contribution >= 4 is 21.6 Å². The fourth-order valence-electron chi connectivity index (χ4n) is 2.97. The topological polar surface area (TPSA) is 77.5 Å². The maximum atomic E-state index is 14.0. The molecule has 2 heterocycles. The molecule has 0 saturated carbocycles. The van der Waals surface area contributed by atoms with E-state index in [0.29, 0.717) is 24.3 Å². The van der Waals surface area contributed by atoms with Crippen LogP contribution in [0.4, 0.5) is 4.39 Å². The second kappa shape index (κ2) is 9.17. The third-order valence-corrected chi connectivity index (χ3v) is 6.13. The zero-order chi connectivity index (χ0) is 20.1. The Morgan fingerprint density at radius 3 is 2.79 bits per heavy atom. The van der Waals surface area contributed by atoms with Crippen molar-refractivity contribution in [1.82, 2.24) is 9.71 Å². The molecule has 0 aliphatic carbocycles. The van der Waals surface area contributed by atoms with Gasteiger partial charge in [-0.3, -0.25) is 4.98 Å². The number of nitrogens with one attached hydrogen (secondary N) is 1. The van der Waals surface area contributed by atoms with Crippen LogP contribution in [0.1, 0.15) is 19.8 Å². The zero-order valence-electron chi connectivity index (χ0n) is 15.4. The molecule has 2 aromatic rings. The number of aromatic nitrogens is 1. The minimum absolute atomic E-state index is 0.0217. The summed E-state index contributed by atoms with van der Waals surface area (Å²) in [5.74, 6) is 0.0978. The fourth-order valence-corrected chi connectivity index (χ4v) is 4.01. The standard InChI is InChI=1S/C19H22ClFN2O4S/c1-2-28(24,25)23-17-4-3-9-26-18(17)12-27-15-7-5-13(6-8-15)19-16(21)10-14(20)11-22-19/h5-8,10-11,17-18,23H,2-4,9,12H2,1H3/t17-,18+/m0/s1. The summed E-state index contributed by atoms with van der Waals surface area (Å²) in [6.07, 6.45) is 2.52. The second-order valence-corrected chi connectivity index (χ2v) is 8.98. The zero-order valence-corrected chi connectivity index (χ0v) is 17.0. The Morgan fingerprint density at radius 2 is 2.11 bits per heavy atom. The van der Waals surface area contributed by atoms with Gasteiger partial charge in [0.25, 0.3) is 0 Å². The van der Waals surface area contributed by atoms with Crippen molar-refractivity contribution < 1.29 is 22.3 Å². The molecule has 1 aliphatic rings. The van der Waals surface area contributed by atoms with Crippen LogP contribution in [0, 0.1) is 5.82 Å². The number of hydrogen-bond acceptors (Lipinski definition) is 5. The molecular formula is C19H22ClFN2O4S. The fraction of sp³-hybridized carbons (Fsp3) is 0.421. The van der Waals surface area contributed by atoms with Crippen molar-refractivity contribution in [2.24, 2.45) is 0 Å². The summed E-state index contributed by atoms with van der Waals surface area (Å²) in [6.45, 7) is 2.38. The molecule has 2 atom stereocenters. The van der Waals surface area contributed by atoms with E-state index in [1.807, 2.05) is 0 Å². The average Bonchev–Trinajstić information content (AvgIpc) is 2.68. The summed E-state index contributed by atoms with van der Waals surface area (Å²) in [6, 6.07) is 7.72. The molecule has 1 aromatic heterocycles. The van der Waals surface area contributed by atoms with E-state index < -0.39 is 15.8 Å². The first kappa shape index (κ1) is 21.0. The average molecular weight is 429 g/mol. The summed E-state index contributed by atoms with van der Waals surface area (Å²) in [4.78, 5) is 4.02. The molecule has 3 rings (SSSR count). The predicted octanol–water partition coefficient (Wildman–Crippen LogP) is 3.41. The highest BCUT2D eigenvalue weighted by atomic mass is 35.5. The van der Waals surface area contributed by atoms with Gasteiger partial charge >= 0.3 is 0 Å². The van der Waals surface area contributed by atoms with Crippen LogP contribution in [0.15, 0.2) is 36.5 Å². The van der Waals surface area contributed by atoms with Crippen molar-refractivity contribution in [2.75, 3.05) is 19.0 Å². The molecule has 0 amide bonds. The molecule has 0 radical (unpaired) electrons. The first-order valence-corrected chi connectivity index (χ1v) is 11.1. The third kappa shape index (κ3) is 5.41. The Bertz CT molecular complexity index is 909. The molecule has 1 aliphatic heterocycles. The van der Waals surface area contributed by atoms with E-state index in [1.54, 1.807) is 31.2 Å². The molecule has 0 spiro atoms. The highest BCUT2D eigenvalue weighted by molar-refractivity contribution is 7.89. The second-order valence-electron chi connectivity index (χ2n) is 6.50. The summed E-state index contributed by atoms with van der Waals surface area (Å²) >= 11 is 5.73. The van der Waals surface area contributed by atoms with Gasteiger partial charge in [-0.25, -0.2) is 17.5 Å². The number of halogens is 2. The van der Waals surface area contributed by atoms with Crippen LogP contribution < -0.4 is 9.46 Å². The minimum atomic E-state index is -3.32.